The molecule has 0 aromatic heterocycles. The molecule has 0 saturated carbocycles. The summed E-state index contributed by atoms with van der Waals surface area (Å²) in [5.41, 5.74) is 1.23. The van der Waals surface area contributed by atoms with Crippen LogP contribution in [0.15, 0.2) is 30.3 Å². The van der Waals surface area contributed by atoms with Crippen molar-refractivity contribution in [1.29, 1.82) is 0 Å². The second-order valence-electron chi connectivity index (χ2n) is 4.61. The molecule has 1 unspecified atom stereocenters. The topological polar surface area (TPSA) is 58.6 Å². The summed E-state index contributed by atoms with van der Waals surface area (Å²) in [4.78, 5) is 25.0. The highest BCUT2D eigenvalue weighted by molar-refractivity contribution is 5.86. The van der Waals surface area contributed by atoms with E-state index in [0.717, 1.165) is 13.0 Å². The molecule has 19 heavy (non-hydrogen) atoms. The van der Waals surface area contributed by atoms with Crippen LogP contribution in [-0.2, 0) is 20.7 Å². The van der Waals surface area contributed by atoms with Crippen molar-refractivity contribution < 1.29 is 14.3 Å². The Kier molecular flexibility index (Phi) is 4.52. The van der Waals surface area contributed by atoms with E-state index in [-0.39, 0.29) is 5.91 Å². The van der Waals surface area contributed by atoms with Gasteiger partial charge in [-0.25, -0.2) is 4.79 Å². The Balaban J connectivity index is 1.89. The van der Waals surface area contributed by atoms with E-state index in [9.17, 15) is 9.59 Å². The predicted molar refractivity (Wildman–Crippen MR) is 70.5 cm³/mol. The molecule has 1 heterocycles. The Bertz CT molecular complexity index is 447. The molecule has 1 aromatic rings. The monoisotopic (exact) mass is 262 g/mol. The van der Waals surface area contributed by atoms with Crippen LogP contribution in [0.3, 0.4) is 0 Å². The fourth-order valence-electron chi connectivity index (χ4n) is 2.19. The molecule has 1 aromatic carbocycles. The SMILES string of the molecule is COC(=O)C1CN(CCc2ccccc2)CC(=O)N1. The lowest BCUT2D eigenvalue weighted by atomic mass is 10.1. The number of nitrogens with one attached hydrogen (secondary N) is 1. The van der Waals surface area contributed by atoms with Crippen molar-refractivity contribution in [3.05, 3.63) is 35.9 Å². The number of hydrogen-bond acceptors (Lipinski definition) is 4. The number of carbonyl (C=O) groups is 2. The molecule has 1 fully saturated rings. The molecule has 0 bridgehead atoms. The van der Waals surface area contributed by atoms with Gasteiger partial charge in [0.15, 0.2) is 0 Å². The number of amides is 1. The molecule has 1 N–H and O–H groups in total. The number of hydrogen-bond donors (Lipinski definition) is 1. The van der Waals surface area contributed by atoms with Crippen LogP contribution in [0, 0.1) is 0 Å². The van der Waals surface area contributed by atoms with Gasteiger partial charge in [-0.15, -0.1) is 0 Å². The molecule has 5 nitrogen and oxygen atoms in total. The van der Waals surface area contributed by atoms with Crippen molar-refractivity contribution in [3.8, 4) is 0 Å². The number of methoxy groups -OCH3 is 1. The zero-order chi connectivity index (χ0) is 13.7. The van der Waals surface area contributed by atoms with Crippen LogP contribution in [0.1, 0.15) is 5.56 Å². The van der Waals surface area contributed by atoms with Crippen LogP contribution >= 0.6 is 0 Å². The van der Waals surface area contributed by atoms with Gasteiger partial charge in [-0.05, 0) is 12.0 Å². The van der Waals surface area contributed by atoms with E-state index in [1.54, 1.807) is 0 Å². The maximum Gasteiger partial charge on any atom is 0.329 e. The van der Waals surface area contributed by atoms with Crippen LogP contribution < -0.4 is 5.32 Å². The summed E-state index contributed by atoms with van der Waals surface area (Å²) in [6.07, 6.45) is 0.863. The normalized spacial score (nSPS) is 19.8. The molecule has 0 spiro atoms. The number of piperazine rings is 1. The Hall–Kier alpha value is -1.88. The van der Waals surface area contributed by atoms with Gasteiger partial charge in [0.05, 0.1) is 13.7 Å². The van der Waals surface area contributed by atoms with Crippen molar-refractivity contribution >= 4 is 11.9 Å². The summed E-state index contributed by atoms with van der Waals surface area (Å²) in [6.45, 7) is 1.59. The van der Waals surface area contributed by atoms with E-state index in [1.807, 2.05) is 23.1 Å². The first-order chi connectivity index (χ1) is 9.19. The van der Waals surface area contributed by atoms with Gasteiger partial charge >= 0.3 is 5.97 Å². The summed E-state index contributed by atoms with van der Waals surface area (Å²) in [5, 5.41) is 2.64. The van der Waals surface area contributed by atoms with E-state index in [0.29, 0.717) is 13.1 Å². The highest BCUT2D eigenvalue weighted by atomic mass is 16.5. The maximum absolute atomic E-state index is 11.6. The minimum atomic E-state index is -0.554. The molecule has 1 atom stereocenters. The minimum absolute atomic E-state index is 0.130. The van der Waals surface area contributed by atoms with Gasteiger partial charge in [0.1, 0.15) is 6.04 Å². The fourth-order valence-corrected chi connectivity index (χ4v) is 2.19. The van der Waals surface area contributed by atoms with Gasteiger partial charge in [0.2, 0.25) is 5.91 Å². The maximum atomic E-state index is 11.6. The molecule has 1 aliphatic rings. The summed E-state index contributed by atoms with van der Waals surface area (Å²) < 4.78 is 4.67. The van der Waals surface area contributed by atoms with E-state index < -0.39 is 12.0 Å². The number of carbonyl (C=O) groups excluding carboxylic acids is 2. The van der Waals surface area contributed by atoms with Crippen LogP contribution in [0.25, 0.3) is 0 Å². The van der Waals surface area contributed by atoms with Crippen LogP contribution in [0.5, 0.6) is 0 Å². The van der Waals surface area contributed by atoms with E-state index in [4.69, 9.17) is 0 Å². The van der Waals surface area contributed by atoms with Gasteiger partial charge in [-0.1, -0.05) is 30.3 Å². The number of esters is 1. The molecular formula is C14H18N2O3. The second-order valence-corrected chi connectivity index (χ2v) is 4.61. The first kappa shape index (κ1) is 13.5. The third kappa shape index (κ3) is 3.79. The molecule has 102 valence electrons. The van der Waals surface area contributed by atoms with Gasteiger partial charge < -0.3 is 10.1 Å². The van der Waals surface area contributed by atoms with Crippen molar-refractivity contribution in [2.45, 2.75) is 12.5 Å². The number of nitrogens with zero attached hydrogens (tertiary/aromatic N) is 1. The largest absolute Gasteiger partial charge is 0.467 e. The predicted octanol–water partition coefficient (Wildman–Crippen LogP) is 0.202. The molecule has 2 rings (SSSR count). The Labute approximate surface area is 112 Å². The third-order valence-electron chi connectivity index (χ3n) is 3.19. The van der Waals surface area contributed by atoms with Gasteiger partial charge in [0, 0.05) is 13.1 Å². The van der Waals surface area contributed by atoms with Crippen molar-refractivity contribution in [2.24, 2.45) is 0 Å². The van der Waals surface area contributed by atoms with Crippen molar-refractivity contribution in [2.75, 3.05) is 26.7 Å². The summed E-state index contributed by atoms with van der Waals surface area (Å²) in [7, 11) is 1.33. The van der Waals surface area contributed by atoms with E-state index in [2.05, 4.69) is 22.2 Å². The second kappa shape index (κ2) is 6.33. The fraction of sp³-hybridized carbons (Fsp3) is 0.429. The van der Waals surface area contributed by atoms with Crippen LogP contribution in [0.4, 0.5) is 0 Å². The summed E-state index contributed by atoms with van der Waals surface area (Å²) >= 11 is 0. The molecule has 1 amide bonds. The number of ether oxygens (including phenoxy) is 1. The molecule has 0 aliphatic carbocycles. The van der Waals surface area contributed by atoms with Crippen molar-refractivity contribution in [3.63, 3.8) is 0 Å². The number of rotatable bonds is 4. The Morgan fingerprint density at radius 1 is 1.42 bits per heavy atom. The molecule has 1 aliphatic heterocycles. The zero-order valence-electron chi connectivity index (χ0n) is 11.0. The lowest BCUT2D eigenvalue weighted by Crippen LogP contribution is -2.57. The van der Waals surface area contributed by atoms with Gasteiger partial charge in [-0.3, -0.25) is 9.69 Å². The van der Waals surface area contributed by atoms with Gasteiger partial charge in [0.25, 0.3) is 0 Å². The molecule has 5 heteroatoms. The number of benzene rings is 1. The van der Waals surface area contributed by atoms with Crippen molar-refractivity contribution in [1.82, 2.24) is 10.2 Å². The smallest absolute Gasteiger partial charge is 0.329 e. The highest BCUT2D eigenvalue weighted by Crippen LogP contribution is 2.05. The first-order valence-electron chi connectivity index (χ1n) is 6.32. The standard InChI is InChI=1S/C14H18N2O3/c1-19-14(18)12-9-16(10-13(17)15-12)8-7-11-5-3-2-4-6-11/h2-6,12H,7-10H2,1H3,(H,15,17). The molecular weight excluding hydrogens is 244 g/mol. The van der Waals surface area contributed by atoms with E-state index in [1.165, 1.54) is 12.7 Å². The third-order valence-corrected chi connectivity index (χ3v) is 3.19. The zero-order valence-corrected chi connectivity index (χ0v) is 11.0. The van der Waals surface area contributed by atoms with E-state index >= 15 is 0 Å². The average Bonchev–Trinajstić information content (AvgIpc) is 2.45. The minimum Gasteiger partial charge on any atom is -0.467 e. The summed E-state index contributed by atoms with van der Waals surface area (Å²) in [6, 6.07) is 9.53. The Morgan fingerprint density at radius 2 is 2.16 bits per heavy atom. The summed E-state index contributed by atoms with van der Waals surface area (Å²) in [5.74, 6) is -0.521. The molecule has 1 saturated heterocycles. The van der Waals surface area contributed by atoms with Gasteiger partial charge in [-0.2, -0.15) is 0 Å². The average molecular weight is 262 g/mol. The van der Waals surface area contributed by atoms with Crippen LogP contribution in [0.2, 0.25) is 0 Å². The lowest BCUT2D eigenvalue weighted by Gasteiger charge is -2.31. The highest BCUT2D eigenvalue weighted by Gasteiger charge is 2.29. The first-order valence-corrected chi connectivity index (χ1v) is 6.32. The molecule has 0 radical (unpaired) electrons. The van der Waals surface area contributed by atoms with Crippen LogP contribution in [-0.4, -0.2) is 49.6 Å². The Morgan fingerprint density at radius 3 is 2.84 bits per heavy atom. The lowest BCUT2D eigenvalue weighted by molar-refractivity contribution is -0.147. The quantitative estimate of drug-likeness (QED) is 0.788.